The van der Waals surface area contributed by atoms with Crippen LogP contribution < -0.4 is 0 Å². The third-order valence-electron chi connectivity index (χ3n) is 11.8. The van der Waals surface area contributed by atoms with E-state index >= 15 is 0 Å². The van der Waals surface area contributed by atoms with E-state index in [0.29, 0.717) is 53.3 Å². The van der Waals surface area contributed by atoms with Gasteiger partial charge in [-0.3, -0.25) is 34.9 Å². The Morgan fingerprint density at radius 2 is 0.586 bits per heavy atom. The summed E-state index contributed by atoms with van der Waals surface area (Å²) >= 11 is 0. The lowest BCUT2D eigenvalue weighted by atomic mass is 10.1. The van der Waals surface area contributed by atoms with Gasteiger partial charge in [0.1, 0.15) is 18.5 Å². The monoisotopic (exact) mass is 1610 g/mol. The van der Waals surface area contributed by atoms with E-state index in [1.54, 1.807) is 93.2 Å². The smallest absolute Gasteiger partial charge is 0.130 e. The minimum Gasteiger partial charge on any atom is -0.265 e. The van der Waals surface area contributed by atoms with E-state index in [9.17, 15) is 0 Å². The fourth-order valence-electron chi connectivity index (χ4n) is 6.24. The molecule has 0 aliphatic rings. The zero-order chi connectivity index (χ0) is 90.9. The zero-order valence-electron chi connectivity index (χ0n) is 81.4. The highest BCUT2D eigenvalue weighted by Crippen LogP contribution is 2.14. The summed E-state index contributed by atoms with van der Waals surface area (Å²) in [5, 5.41) is 14.9. The van der Waals surface area contributed by atoms with Gasteiger partial charge in [-0.2, -0.15) is 20.4 Å². The average Bonchev–Trinajstić information content (AvgIpc) is 0.955. The SMILES string of the molecule is C.C.CC.CC.CC.CC.CC.CC.CC.CC.CC.CC.CC.CC(C)C.CC(C)c1ccccn1.CC(C)c1cccnc1.CC(C)c1cccnn1.CC(C)c1ccncc1.CC(C)c1ccncn1.CC(C)c1cnccn1.CC(C)c1cnccn1.CC(C)c1cncnc1.CC(C)c1ncccn1.Cc1ccnnc1.[2HH]. The van der Waals surface area contributed by atoms with Crippen LogP contribution in [0.25, 0.3) is 0 Å². The number of aromatic nitrogens is 17. The third kappa shape index (κ3) is 99.2. The second kappa shape index (κ2) is 115. The van der Waals surface area contributed by atoms with Crippen LogP contribution >= 0.6 is 0 Å². The van der Waals surface area contributed by atoms with Crippen molar-refractivity contribution in [2.24, 2.45) is 5.92 Å². The van der Waals surface area contributed by atoms with E-state index in [4.69, 9.17) is 0 Å². The molecule has 0 aliphatic carbocycles. The molecule has 0 spiro atoms. The summed E-state index contributed by atoms with van der Waals surface area (Å²) < 4.78 is 0. The van der Waals surface area contributed by atoms with Gasteiger partial charge in [0.25, 0.3) is 0 Å². The maximum atomic E-state index is 4.18. The fraction of sp³-hybridized carbons (Fsp3) is 0.566. The molecule has 0 bridgehead atoms. The first-order valence-electron chi connectivity index (χ1n) is 42.9. The lowest BCUT2D eigenvalue weighted by Crippen LogP contribution is -1.93. The molecule has 666 valence electrons. The van der Waals surface area contributed by atoms with E-state index < -0.39 is 0 Å². The Morgan fingerprint density at radius 3 is 0.810 bits per heavy atom. The van der Waals surface area contributed by atoms with Gasteiger partial charge in [0.2, 0.25) is 0 Å². The van der Waals surface area contributed by atoms with Crippen LogP contribution in [-0.2, 0) is 0 Å². The molecular weight excluding hydrogens is 1430 g/mol. The average molecular weight is 1610 g/mol. The summed E-state index contributed by atoms with van der Waals surface area (Å²) in [6, 6.07) is 23.7. The first kappa shape index (κ1) is 139. The van der Waals surface area contributed by atoms with Gasteiger partial charge in [-0.1, -0.05) is 325 Å². The summed E-state index contributed by atoms with van der Waals surface area (Å²) in [5.74, 6) is 6.44. The lowest BCUT2D eigenvalue weighted by Gasteiger charge is -2.01. The molecule has 0 unspecified atom stereocenters. The Morgan fingerprint density at radius 1 is 0.216 bits per heavy atom. The van der Waals surface area contributed by atoms with Crippen molar-refractivity contribution in [3.8, 4) is 0 Å². The molecule has 0 fully saturated rings. The molecule has 17 nitrogen and oxygen atoms in total. The second-order valence-corrected chi connectivity index (χ2v) is 24.2. The Bertz CT molecular complexity index is 2530. The quantitative estimate of drug-likeness (QED) is 0.131. The zero-order valence-corrected chi connectivity index (χ0v) is 81.4. The van der Waals surface area contributed by atoms with Gasteiger partial charge in [0, 0.05) is 130 Å². The van der Waals surface area contributed by atoms with Crippen molar-refractivity contribution in [2.45, 2.75) is 373 Å². The Kier molecular flexibility index (Phi) is 137. The van der Waals surface area contributed by atoms with Gasteiger partial charge in [0.05, 0.1) is 23.3 Å². The van der Waals surface area contributed by atoms with Crippen LogP contribution in [0.3, 0.4) is 0 Å². The minimum atomic E-state index is 0. The van der Waals surface area contributed by atoms with Crippen molar-refractivity contribution in [3.63, 3.8) is 0 Å². The molecule has 10 aromatic heterocycles. The Labute approximate surface area is 721 Å². The first-order chi connectivity index (χ1) is 54.9. The second-order valence-electron chi connectivity index (χ2n) is 24.2. The highest BCUT2D eigenvalue weighted by molar-refractivity contribution is 5.14. The van der Waals surface area contributed by atoms with Gasteiger partial charge in [0.15, 0.2) is 0 Å². The molecule has 0 saturated heterocycles. The van der Waals surface area contributed by atoms with Gasteiger partial charge in [-0.05, 0) is 143 Å². The van der Waals surface area contributed by atoms with Crippen molar-refractivity contribution in [1.29, 1.82) is 0 Å². The first-order valence-corrected chi connectivity index (χ1v) is 42.9. The van der Waals surface area contributed by atoms with Crippen molar-refractivity contribution in [2.75, 3.05) is 0 Å². The Hall–Kier alpha value is -8.99. The van der Waals surface area contributed by atoms with Crippen molar-refractivity contribution >= 4 is 0 Å². The third-order valence-corrected chi connectivity index (χ3v) is 11.8. The number of nitrogens with zero attached hydrogens (tertiary/aromatic N) is 17. The molecule has 116 heavy (non-hydrogen) atoms. The molecule has 10 heterocycles. The summed E-state index contributed by atoms with van der Waals surface area (Å²) in [5.41, 5.74) is 10.4. The highest BCUT2D eigenvalue weighted by atomic mass is 15.1. The molecule has 10 aromatic rings. The number of hydrogen-bond acceptors (Lipinski definition) is 17. The molecule has 0 atom stereocenters. The normalized spacial score (nSPS) is 8.47. The van der Waals surface area contributed by atoms with Gasteiger partial charge in [-0.15, -0.1) is 0 Å². The number of aryl methyl sites for hydroxylation is 1. The summed E-state index contributed by atoms with van der Waals surface area (Å²) in [6.45, 7) is 90.7. The van der Waals surface area contributed by atoms with E-state index in [-0.39, 0.29) is 16.3 Å². The highest BCUT2D eigenvalue weighted by Gasteiger charge is 2.02. The topological polar surface area (TPSA) is 219 Å². The maximum absolute atomic E-state index is 4.18. The summed E-state index contributed by atoms with van der Waals surface area (Å²) in [7, 11) is 0. The number of rotatable bonds is 9. The van der Waals surface area contributed by atoms with Crippen LogP contribution in [0.1, 0.15) is 424 Å². The molecule has 0 amide bonds. The van der Waals surface area contributed by atoms with Crippen LogP contribution in [-0.4, -0.2) is 85.2 Å². The maximum Gasteiger partial charge on any atom is 0.130 e. The van der Waals surface area contributed by atoms with Gasteiger partial charge in [-0.25, -0.2) is 29.9 Å². The van der Waals surface area contributed by atoms with E-state index in [0.717, 1.165) is 45.8 Å². The molecular formula is C99H185N17. The van der Waals surface area contributed by atoms with Gasteiger partial charge < -0.3 is 0 Å². The standard InChI is InChI=1S/3C8H11N.6C7H10N2.C5H6N2.C4H10.11C2H6.2CH4.H2/c1-7(2)8-3-5-9-6-4-8;1-7(2)8-4-3-5-9-6-8;1-7(2)8-5-3-4-6-9-8;1-6(2)7-3-8-5-9-4-7;2*1-6(2)7-5-8-3-4-9-7;1-6(2)7-3-4-8-5-9-7;1-6(2)7-8-4-3-5-9-7;1-6(2)7-4-3-5-8-9-7;1-5-2-3-6-7-4-5;1-4(2)3;11*1-2;;;/h3*3-7H,1-2H3;6*3-6H,1-2H3;2-4H,1H3;4H,1-3H3;11*1-2H3;2*1H4;1H/i;;;;;;;;;;;;;;;;;;;;;;;;1+1. The molecule has 17 heteroatoms. The molecule has 0 aromatic carbocycles. The predicted molar refractivity (Wildman–Crippen MR) is 519 cm³/mol. The van der Waals surface area contributed by atoms with Crippen LogP contribution in [0.5, 0.6) is 0 Å². The summed E-state index contributed by atoms with van der Waals surface area (Å²) in [6.07, 6.45) is 36.8. The minimum absolute atomic E-state index is 0. The molecule has 0 radical (unpaired) electrons. The number of pyridine rings is 3. The Balaban J connectivity index is -0.0000000734. The van der Waals surface area contributed by atoms with Crippen LogP contribution in [0.2, 0.25) is 0 Å². The van der Waals surface area contributed by atoms with E-state index in [1.165, 1.54) is 16.7 Å². The van der Waals surface area contributed by atoms with Crippen LogP contribution in [0, 0.1) is 12.8 Å². The van der Waals surface area contributed by atoms with Crippen LogP contribution in [0.15, 0.2) is 203 Å². The lowest BCUT2D eigenvalue weighted by molar-refractivity contribution is 0.737. The molecule has 0 saturated carbocycles. The number of hydrogen-bond donors (Lipinski definition) is 0. The molecule has 0 aliphatic heterocycles. The largest absolute Gasteiger partial charge is 0.265 e. The fourth-order valence-corrected chi connectivity index (χ4v) is 6.24. The molecule has 10 rings (SSSR count). The van der Waals surface area contributed by atoms with E-state index in [1.807, 2.05) is 263 Å². The molecule has 0 N–H and O–H groups in total. The van der Waals surface area contributed by atoms with Crippen molar-refractivity contribution in [3.05, 3.63) is 260 Å². The van der Waals surface area contributed by atoms with Crippen molar-refractivity contribution in [1.82, 2.24) is 85.2 Å². The van der Waals surface area contributed by atoms with E-state index in [2.05, 4.69) is 237 Å². The van der Waals surface area contributed by atoms with Gasteiger partial charge >= 0.3 is 0 Å². The predicted octanol–water partition coefficient (Wildman–Crippen LogP) is 31.5. The van der Waals surface area contributed by atoms with Crippen molar-refractivity contribution < 1.29 is 1.43 Å². The summed E-state index contributed by atoms with van der Waals surface area (Å²) in [4.78, 5) is 52.0. The van der Waals surface area contributed by atoms with Crippen LogP contribution in [0.4, 0.5) is 0 Å².